The number of carbonyl (C=O) groups is 4. The Morgan fingerprint density at radius 3 is 0.634 bits per heavy atom. The number of esters is 4. The molecule has 0 spiro atoms. The van der Waals surface area contributed by atoms with Gasteiger partial charge >= 0.3 is 39.5 Å². The summed E-state index contributed by atoms with van der Waals surface area (Å²) in [6, 6.07) is 0. The lowest BCUT2D eigenvalue weighted by Crippen LogP contribution is -2.30. The van der Waals surface area contributed by atoms with Crippen LogP contribution in [0.15, 0.2) is 0 Å². The number of rotatable bonds is 75. The molecule has 2 unspecified atom stereocenters. The molecule has 0 bridgehead atoms. The third-order valence-electron chi connectivity index (χ3n) is 17.4. The Hall–Kier alpha value is -1.94. The first kappa shape index (κ1) is 91.1. The summed E-state index contributed by atoms with van der Waals surface area (Å²) in [5, 5.41) is 10.6. The summed E-state index contributed by atoms with van der Waals surface area (Å²) >= 11 is 0. The van der Waals surface area contributed by atoms with Gasteiger partial charge < -0.3 is 33.8 Å². The molecule has 0 aromatic rings. The van der Waals surface area contributed by atoms with E-state index >= 15 is 0 Å². The zero-order valence-electron chi connectivity index (χ0n) is 60.2. The highest BCUT2D eigenvalue weighted by atomic mass is 31.2. The van der Waals surface area contributed by atoms with Crippen molar-refractivity contribution in [3.63, 3.8) is 0 Å². The predicted molar refractivity (Wildman–Crippen MR) is 377 cm³/mol. The van der Waals surface area contributed by atoms with Crippen LogP contribution in [-0.4, -0.2) is 96.7 Å². The molecule has 0 saturated carbocycles. The average molecular weight is 1370 g/mol. The maximum Gasteiger partial charge on any atom is 0.472 e. The molecule has 0 amide bonds. The Morgan fingerprint density at radius 2 is 0.430 bits per heavy atom. The highest BCUT2D eigenvalue weighted by Crippen LogP contribution is 2.45. The fourth-order valence-electron chi connectivity index (χ4n) is 11.4. The molecule has 0 aliphatic rings. The van der Waals surface area contributed by atoms with Crippen LogP contribution >= 0.6 is 15.6 Å². The van der Waals surface area contributed by atoms with E-state index in [-0.39, 0.29) is 25.7 Å². The van der Waals surface area contributed by atoms with Crippen molar-refractivity contribution in [1.29, 1.82) is 0 Å². The number of phosphoric acid groups is 2. The maximum absolute atomic E-state index is 13.1. The summed E-state index contributed by atoms with van der Waals surface area (Å²) < 4.78 is 68.3. The van der Waals surface area contributed by atoms with Gasteiger partial charge in [-0.05, 0) is 25.7 Å². The highest BCUT2D eigenvalue weighted by molar-refractivity contribution is 7.47. The standard InChI is InChI=1S/C74H144O17P2/c1-5-9-13-17-21-24-27-29-31-32-33-34-35-37-39-42-45-49-53-57-61-74(79)91-70(65-85-72(77)59-55-51-47-43-41-38-36-30-28-25-22-18-14-10-6-2)67-89-93(82,83)87-63-68(75)62-86-92(80,81)88-66-69(64-84-71(76)58-54-50-46-20-16-12-8-4)90-73(78)60-56-52-48-44-40-26-23-19-15-11-7-3/h68-70,75H,5-67H2,1-4H3,(H,80,81)(H,82,83)/t68-,69+,70+/m0/s1. The molecule has 17 nitrogen and oxygen atoms in total. The van der Waals surface area contributed by atoms with Gasteiger partial charge in [-0.15, -0.1) is 0 Å². The van der Waals surface area contributed by atoms with Crippen molar-refractivity contribution in [2.24, 2.45) is 0 Å². The minimum atomic E-state index is -4.95. The van der Waals surface area contributed by atoms with Crippen LogP contribution in [0.4, 0.5) is 0 Å². The molecule has 552 valence electrons. The third kappa shape index (κ3) is 68.4. The van der Waals surface area contributed by atoms with Crippen LogP contribution in [-0.2, 0) is 65.4 Å². The topological polar surface area (TPSA) is 237 Å². The van der Waals surface area contributed by atoms with E-state index in [9.17, 15) is 43.2 Å². The molecular formula is C74H144O17P2. The summed E-state index contributed by atoms with van der Waals surface area (Å²) in [6.45, 7) is 4.93. The first-order valence-corrected chi connectivity index (χ1v) is 41.8. The van der Waals surface area contributed by atoms with Crippen molar-refractivity contribution in [2.75, 3.05) is 39.6 Å². The summed E-state index contributed by atoms with van der Waals surface area (Å²) in [7, 11) is -9.90. The fourth-order valence-corrected chi connectivity index (χ4v) is 13.0. The first-order valence-electron chi connectivity index (χ1n) is 38.8. The largest absolute Gasteiger partial charge is 0.472 e. The van der Waals surface area contributed by atoms with Crippen molar-refractivity contribution in [3.8, 4) is 0 Å². The molecule has 0 aliphatic carbocycles. The average Bonchev–Trinajstić information content (AvgIpc) is 2.88. The van der Waals surface area contributed by atoms with Gasteiger partial charge in [0.25, 0.3) is 0 Å². The minimum absolute atomic E-state index is 0.107. The van der Waals surface area contributed by atoms with Gasteiger partial charge in [0.2, 0.25) is 0 Å². The molecule has 0 aliphatic heterocycles. The van der Waals surface area contributed by atoms with Gasteiger partial charge in [-0.1, -0.05) is 342 Å². The molecule has 0 saturated heterocycles. The zero-order valence-corrected chi connectivity index (χ0v) is 62.0. The quantitative estimate of drug-likeness (QED) is 0.0222. The molecule has 0 aromatic heterocycles. The monoisotopic (exact) mass is 1370 g/mol. The van der Waals surface area contributed by atoms with Gasteiger partial charge in [0, 0.05) is 25.7 Å². The van der Waals surface area contributed by atoms with Crippen LogP contribution in [0.3, 0.4) is 0 Å². The van der Waals surface area contributed by atoms with E-state index in [0.717, 1.165) is 103 Å². The van der Waals surface area contributed by atoms with Crippen LogP contribution < -0.4 is 0 Å². The third-order valence-corrected chi connectivity index (χ3v) is 19.3. The van der Waals surface area contributed by atoms with E-state index < -0.39 is 97.5 Å². The summed E-state index contributed by atoms with van der Waals surface area (Å²) in [5.41, 5.74) is 0. The number of hydrogen-bond acceptors (Lipinski definition) is 15. The summed E-state index contributed by atoms with van der Waals surface area (Å²) in [6.07, 6.45) is 58.4. The lowest BCUT2D eigenvalue weighted by Gasteiger charge is -2.21. The number of phosphoric ester groups is 2. The molecule has 0 radical (unpaired) electrons. The van der Waals surface area contributed by atoms with Gasteiger partial charge in [-0.2, -0.15) is 0 Å². The normalized spacial score (nSPS) is 13.9. The predicted octanol–water partition coefficient (Wildman–Crippen LogP) is 21.8. The smallest absolute Gasteiger partial charge is 0.462 e. The van der Waals surface area contributed by atoms with Crippen LogP contribution in [0.1, 0.15) is 394 Å². The Morgan fingerprint density at radius 1 is 0.258 bits per heavy atom. The van der Waals surface area contributed by atoms with Crippen LogP contribution in [0, 0.1) is 0 Å². The fraction of sp³-hybridized carbons (Fsp3) is 0.946. The van der Waals surface area contributed by atoms with Gasteiger partial charge in [0.05, 0.1) is 26.4 Å². The second kappa shape index (κ2) is 68.6. The SMILES string of the molecule is CCCCCCCCCCCCCCCCCCCCCCC(=O)O[C@H](COC(=O)CCCCCCCCCCCCCCCCC)COP(=O)(O)OC[C@@H](O)COP(=O)(O)OC[C@@H](COC(=O)CCCCCCCCC)OC(=O)CCCCCCCCCCCCC. The number of carbonyl (C=O) groups excluding carboxylic acids is 4. The van der Waals surface area contributed by atoms with E-state index in [4.69, 9.17) is 37.0 Å². The van der Waals surface area contributed by atoms with Crippen LogP contribution in [0.25, 0.3) is 0 Å². The Kier molecular flexibility index (Phi) is 67.1. The van der Waals surface area contributed by atoms with Crippen molar-refractivity contribution in [3.05, 3.63) is 0 Å². The summed E-state index contributed by atoms with van der Waals surface area (Å²) in [4.78, 5) is 72.5. The number of aliphatic hydroxyl groups excluding tert-OH is 1. The Labute approximate surface area is 568 Å². The van der Waals surface area contributed by atoms with Gasteiger partial charge in [0.15, 0.2) is 12.2 Å². The van der Waals surface area contributed by atoms with Crippen LogP contribution in [0.2, 0.25) is 0 Å². The van der Waals surface area contributed by atoms with Crippen molar-refractivity contribution in [2.45, 2.75) is 412 Å². The second-order valence-corrected chi connectivity index (χ2v) is 29.6. The lowest BCUT2D eigenvalue weighted by molar-refractivity contribution is -0.161. The van der Waals surface area contributed by atoms with Crippen LogP contribution in [0.5, 0.6) is 0 Å². The number of aliphatic hydroxyl groups is 1. The lowest BCUT2D eigenvalue weighted by atomic mass is 10.0. The molecule has 5 atom stereocenters. The molecule has 0 fully saturated rings. The van der Waals surface area contributed by atoms with Crippen molar-refractivity contribution >= 4 is 39.5 Å². The van der Waals surface area contributed by atoms with E-state index in [2.05, 4.69) is 27.7 Å². The van der Waals surface area contributed by atoms with E-state index in [1.165, 1.54) is 212 Å². The maximum atomic E-state index is 13.1. The number of hydrogen-bond donors (Lipinski definition) is 3. The van der Waals surface area contributed by atoms with Crippen molar-refractivity contribution < 1.29 is 80.2 Å². The molecule has 93 heavy (non-hydrogen) atoms. The summed E-state index contributed by atoms with van der Waals surface area (Å²) in [5.74, 6) is -2.12. The molecule has 0 aromatic carbocycles. The molecule has 0 rings (SSSR count). The van der Waals surface area contributed by atoms with Crippen molar-refractivity contribution in [1.82, 2.24) is 0 Å². The number of unbranched alkanes of at least 4 members (excludes halogenated alkanes) is 49. The van der Waals surface area contributed by atoms with Gasteiger partial charge in [0.1, 0.15) is 19.3 Å². The van der Waals surface area contributed by atoms with Gasteiger partial charge in [-0.3, -0.25) is 37.3 Å². The van der Waals surface area contributed by atoms with E-state index in [1.807, 2.05) is 0 Å². The Bertz CT molecular complexity index is 1770. The minimum Gasteiger partial charge on any atom is -0.462 e. The van der Waals surface area contributed by atoms with E-state index in [0.29, 0.717) is 25.7 Å². The highest BCUT2D eigenvalue weighted by Gasteiger charge is 2.30. The molecular weight excluding hydrogens is 1220 g/mol. The van der Waals surface area contributed by atoms with Gasteiger partial charge in [-0.25, -0.2) is 9.13 Å². The van der Waals surface area contributed by atoms with E-state index in [1.54, 1.807) is 0 Å². The zero-order chi connectivity index (χ0) is 68.2. The second-order valence-electron chi connectivity index (χ2n) is 26.7. The Balaban J connectivity index is 5.16. The molecule has 3 N–H and O–H groups in total. The molecule has 19 heteroatoms. The molecule has 0 heterocycles. The first-order chi connectivity index (χ1) is 45.2. The number of ether oxygens (including phenoxy) is 4.